The standard InChI is InChI=1S/C13H9N.C8H10O2/c1-3-7-12-10(5-1)9-11-6-2-4-8-13(11)14-12;9-8(10)7-4-2-5-1-3-6(5)7/h1-9H;4-6H,1-3H2,(H,9,10). The van der Waals surface area contributed by atoms with E-state index in [9.17, 15) is 4.79 Å². The van der Waals surface area contributed by atoms with Gasteiger partial charge in [-0.15, -0.1) is 0 Å². The van der Waals surface area contributed by atoms with Crippen molar-refractivity contribution in [1.82, 2.24) is 4.98 Å². The van der Waals surface area contributed by atoms with Gasteiger partial charge in [0.1, 0.15) is 0 Å². The van der Waals surface area contributed by atoms with Gasteiger partial charge in [-0.3, -0.25) is 0 Å². The summed E-state index contributed by atoms with van der Waals surface area (Å²) in [6.45, 7) is 0. The van der Waals surface area contributed by atoms with Crippen molar-refractivity contribution in [2.75, 3.05) is 0 Å². The van der Waals surface area contributed by atoms with E-state index < -0.39 is 5.97 Å². The molecule has 0 aliphatic heterocycles. The van der Waals surface area contributed by atoms with Crippen molar-refractivity contribution in [3.05, 3.63) is 66.2 Å². The quantitative estimate of drug-likeness (QED) is 0.655. The van der Waals surface area contributed by atoms with Gasteiger partial charge in [0.25, 0.3) is 0 Å². The van der Waals surface area contributed by atoms with E-state index in [0.717, 1.165) is 23.9 Å². The van der Waals surface area contributed by atoms with Gasteiger partial charge in [-0.05, 0) is 49.3 Å². The van der Waals surface area contributed by atoms with Gasteiger partial charge in [-0.25, -0.2) is 9.78 Å². The first-order chi connectivity index (χ1) is 11.7. The number of carbonyl (C=O) groups is 1. The Morgan fingerprint density at radius 1 is 0.958 bits per heavy atom. The van der Waals surface area contributed by atoms with Gasteiger partial charge >= 0.3 is 5.97 Å². The van der Waals surface area contributed by atoms with E-state index in [1.165, 1.54) is 17.2 Å². The molecule has 3 heteroatoms. The minimum Gasteiger partial charge on any atom is -0.478 e. The fourth-order valence-electron chi connectivity index (χ4n) is 3.66. The normalized spacial score (nSPS) is 21.4. The summed E-state index contributed by atoms with van der Waals surface area (Å²) in [6.07, 6.45) is 5.23. The summed E-state index contributed by atoms with van der Waals surface area (Å²) in [7, 11) is 0. The SMILES string of the molecule is O=C(O)C1=CCC2CCC12.c1ccc2nc3ccccc3cc2c1. The zero-order valence-corrected chi connectivity index (χ0v) is 13.4. The van der Waals surface area contributed by atoms with Crippen LogP contribution in [0.2, 0.25) is 0 Å². The molecule has 0 radical (unpaired) electrons. The molecule has 2 aromatic carbocycles. The predicted molar refractivity (Wildman–Crippen MR) is 95.8 cm³/mol. The lowest BCUT2D eigenvalue weighted by Gasteiger charge is -2.31. The monoisotopic (exact) mass is 317 g/mol. The molecular weight excluding hydrogens is 298 g/mol. The molecule has 1 aromatic heterocycles. The van der Waals surface area contributed by atoms with E-state index in [1.807, 2.05) is 42.5 Å². The van der Waals surface area contributed by atoms with Crippen LogP contribution in [0, 0.1) is 11.8 Å². The van der Waals surface area contributed by atoms with Crippen LogP contribution < -0.4 is 0 Å². The van der Waals surface area contributed by atoms with E-state index in [4.69, 9.17) is 5.11 Å². The zero-order chi connectivity index (χ0) is 16.5. The van der Waals surface area contributed by atoms with Crippen LogP contribution in [0.3, 0.4) is 0 Å². The molecule has 1 heterocycles. The smallest absolute Gasteiger partial charge is 0.331 e. The summed E-state index contributed by atoms with van der Waals surface area (Å²) in [5.74, 6) is 0.399. The van der Waals surface area contributed by atoms with Crippen molar-refractivity contribution in [1.29, 1.82) is 0 Å². The van der Waals surface area contributed by atoms with E-state index in [-0.39, 0.29) is 0 Å². The Morgan fingerprint density at radius 3 is 2.04 bits per heavy atom. The molecule has 3 aromatic rings. The lowest BCUT2D eigenvalue weighted by molar-refractivity contribution is -0.133. The Labute approximate surface area is 140 Å². The average molecular weight is 317 g/mol. The number of hydrogen-bond donors (Lipinski definition) is 1. The van der Waals surface area contributed by atoms with Crippen molar-refractivity contribution in [2.45, 2.75) is 19.3 Å². The number of allylic oxidation sites excluding steroid dienone is 1. The van der Waals surface area contributed by atoms with E-state index in [1.54, 1.807) is 0 Å². The topological polar surface area (TPSA) is 50.2 Å². The Balaban J connectivity index is 0.000000129. The Kier molecular flexibility index (Phi) is 3.77. The third kappa shape index (κ3) is 2.67. The second-order valence-electron chi connectivity index (χ2n) is 6.52. The van der Waals surface area contributed by atoms with Crippen LogP contribution in [0.4, 0.5) is 0 Å². The molecule has 3 nitrogen and oxygen atoms in total. The predicted octanol–water partition coefficient (Wildman–Crippen LogP) is 4.82. The number of hydrogen-bond acceptors (Lipinski definition) is 2. The summed E-state index contributed by atoms with van der Waals surface area (Å²) in [5, 5.41) is 11.1. The molecule has 2 atom stereocenters. The first kappa shape index (κ1) is 14.9. The number of fused-ring (bicyclic) bond motifs is 3. The molecule has 1 N–H and O–H groups in total. The van der Waals surface area contributed by atoms with Crippen molar-refractivity contribution >= 4 is 27.8 Å². The molecule has 0 amide bonds. The summed E-state index contributed by atoms with van der Waals surface area (Å²) in [4.78, 5) is 15.1. The van der Waals surface area contributed by atoms with Crippen LogP contribution in [0.25, 0.3) is 21.8 Å². The minimum absolute atomic E-state index is 0.414. The van der Waals surface area contributed by atoms with E-state index in [0.29, 0.717) is 17.4 Å². The molecule has 5 rings (SSSR count). The highest BCUT2D eigenvalue weighted by Crippen LogP contribution is 2.46. The molecule has 1 fully saturated rings. The molecule has 2 unspecified atom stereocenters. The highest BCUT2D eigenvalue weighted by molar-refractivity contribution is 5.92. The van der Waals surface area contributed by atoms with Gasteiger partial charge < -0.3 is 5.11 Å². The average Bonchev–Trinajstić information content (AvgIpc) is 2.88. The molecular formula is C21H19NO2. The number of aromatic nitrogens is 1. The molecule has 2 aliphatic rings. The Morgan fingerprint density at radius 2 is 1.58 bits per heavy atom. The van der Waals surface area contributed by atoms with E-state index >= 15 is 0 Å². The lowest BCUT2D eigenvalue weighted by Crippen LogP contribution is -2.25. The third-order valence-electron chi connectivity index (χ3n) is 5.13. The van der Waals surface area contributed by atoms with Gasteiger partial charge in [0.2, 0.25) is 0 Å². The Bertz CT molecular complexity index is 840. The minimum atomic E-state index is -0.702. The number of benzene rings is 2. The highest BCUT2D eigenvalue weighted by Gasteiger charge is 2.39. The maximum absolute atomic E-state index is 10.5. The van der Waals surface area contributed by atoms with E-state index in [2.05, 4.69) is 23.2 Å². The number of para-hydroxylation sites is 2. The number of aliphatic carboxylic acids is 1. The molecule has 24 heavy (non-hydrogen) atoms. The molecule has 0 saturated heterocycles. The van der Waals surface area contributed by atoms with Crippen LogP contribution in [-0.2, 0) is 4.79 Å². The summed E-state index contributed by atoms with van der Waals surface area (Å²) in [5.41, 5.74) is 2.80. The number of carboxylic acids is 1. The fraction of sp³-hybridized carbons (Fsp3) is 0.238. The summed E-state index contributed by atoms with van der Waals surface area (Å²) in [6, 6.07) is 18.6. The molecule has 1 saturated carbocycles. The fourth-order valence-corrected chi connectivity index (χ4v) is 3.66. The van der Waals surface area contributed by atoms with Crippen LogP contribution in [0.5, 0.6) is 0 Å². The molecule has 0 bridgehead atoms. The zero-order valence-electron chi connectivity index (χ0n) is 13.4. The van der Waals surface area contributed by atoms with Crippen molar-refractivity contribution < 1.29 is 9.90 Å². The van der Waals surface area contributed by atoms with Crippen LogP contribution in [-0.4, -0.2) is 16.1 Å². The maximum atomic E-state index is 10.5. The van der Waals surface area contributed by atoms with Gasteiger partial charge in [-0.2, -0.15) is 0 Å². The van der Waals surface area contributed by atoms with Crippen molar-refractivity contribution in [3.63, 3.8) is 0 Å². The molecule has 120 valence electrons. The van der Waals surface area contributed by atoms with Crippen LogP contribution >= 0.6 is 0 Å². The van der Waals surface area contributed by atoms with Crippen molar-refractivity contribution in [3.8, 4) is 0 Å². The molecule has 0 spiro atoms. The second-order valence-corrected chi connectivity index (χ2v) is 6.52. The van der Waals surface area contributed by atoms with Crippen LogP contribution in [0.15, 0.2) is 66.2 Å². The van der Waals surface area contributed by atoms with Crippen LogP contribution in [0.1, 0.15) is 19.3 Å². The Hall–Kier alpha value is -2.68. The van der Waals surface area contributed by atoms with Gasteiger partial charge in [0, 0.05) is 16.3 Å². The first-order valence-corrected chi connectivity index (χ1v) is 8.40. The number of rotatable bonds is 1. The number of pyridine rings is 1. The second kappa shape index (κ2) is 6.08. The highest BCUT2D eigenvalue weighted by atomic mass is 16.4. The van der Waals surface area contributed by atoms with Gasteiger partial charge in [-0.1, -0.05) is 42.5 Å². The number of carboxylic acid groups (broad SMARTS) is 1. The lowest BCUT2D eigenvalue weighted by atomic mass is 9.73. The molecule has 2 aliphatic carbocycles. The largest absolute Gasteiger partial charge is 0.478 e. The first-order valence-electron chi connectivity index (χ1n) is 8.40. The summed E-state index contributed by atoms with van der Waals surface area (Å²) >= 11 is 0. The number of nitrogens with zero attached hydrogens (tertiary/aromatic N) is 1. The van der Waals surface area contributed by atoms with Gasteiger partial charge in [0.15, 0.2) is 0 Å². The van der Waals surface area contributed by atoms with Gasteiger partial charge in [0.05, 0.1) is 11.0 Å². The summed E-state index contributed by atoms with van der Waals surface area (Å²) < 4.78 is 0. The maximum Gasteiger partial charge on any atom is 0.331 e. The third-order valence-corrected chi connectivity index (χ3v) is 5.13. The van der Waals surface area contributed by atoms with Crippen molar-refractivity contribution in [2.24, 2.45) is 11.8 Å².